The summed E-state index contributed by atoms with van der Waals surface area (Å²) >= 11 is 3.38. The molecule has 2 N–H and O–H groups in total. The molecule has 0 saturated carbocycles. The van der Waals surface area contributed by atoms with E-state index in [1.54, 1.807) is 23.1 Å². The van der Waals surface area contributed by atoms with Gasteiger partial charge >= 0.3 is 0 Å². The molecular weight excluding hydrogens is 226 g/mol. The molecule has 1 aromatic heterocycles. The molecule has 1 unspecified atom stereocenters. The molecule has 0 aliphatic heterocycles. The molecule has 0 spiro atoms. The molecule has 82 valence electrons. The number of hydrogen-bond acceptors (Lipinski definition) is 5. The molecule has 1 heterocycles. The van der Waals surface area contributed by atoms with E-state index in [0.29, 0.717) is 6.42 Å². The van der Waals surface area contributed by atoms with Gasteiger partial charge in [0, 0.05) is 17.3 Å². The van der Waals surface area contributed by atoms with Crippen molar-refractivity contribution < 1.29 is 0 Å². The molecule has 3 nitrogen and oxygen atoms in total. The number of nitrogens with two attached hydrogens (primary N) is 1. The van der Waals surface area contributed by atoms with Crippen LogP contribution in [0.5, 0.6) is 0 Å². The summed E-state index contributed by atoms with van der Waals surface area (Å²) in [4.78, 5) is 4.18. The number of thioether (sulfide) groups is 1. The Kier molecular flexibility index (Phi) is 5.09. The van der Waals surface area contributed by atoms with Gasteiger partial charge in [0.1, 0.15) is 9.88 Å². The van der Waals surface area contributed by atoms with Crippen LogP contribution in [0.15, 0.2) is 15.9 Å². The normalized spacial score (nSPS) is 14.5. The molecular formula is C10H15N3S2. The fourth-order valence-corrected chi connectivity index (χ4v) is 2.79. The number of hydrogen-bond donors (Lipinski definition) is 1. The van der Waals surface area contributed by atoms with Gasteiger partial charge in [0.05, 0.1) is 6.07 Å². The standard InChI is InChI=1S/C10H15N3S2/c1-2-10(12,8-11)4-3-6-14-9-13-5-7-15-9/h5,7H,2-4,6,12H2,1H3. The van der Waals surface area contributed by atoms with Gasteiger partial charge in [-0.3, -0.25) is 0 Å². The van der Waals surface area contributed by atoms with Crippen LogP contribution in [0.4, 0.5) is 0 Å². The number of aromatic nitrogens is 1. The fraction of sp³-hybridized carbons (Fsp3) is 0.600. The minimum absolute atomic E-state index is 0.635. The van der Waals surface area contributed by atoms with E-state index in [9.17, 15) is 0 Å². The largest absolute Gasteiger partial charge is 0.313 e. The van der Waals surface area contributed by atoms with Crippen LogP contribution >= 0.6 is 23.1 Å². The van der Waals surface area contributed by atoms with Crippen LogP contribution in [0.25, 0.3) is 0 Å². The Labute approximate surface area is 98.7 Å². The number of nitrogens with zero attached hydrogens (tertiary/aromatic N) is 2. The van der Waals surface area contributed by atoms with Gasteiger partial charge in [-0.15, -0.1) is 11.3 Å². The zero-order chi connectivity index (χ0) is 11.1. The highest BCUT2D eigenvalue weighted by Crippen LogP contribution is 2.23. The highest BCUT2D eigenvalue weighted by molar-refractivity contribution is 8.00. The molecule has 15 heavy (non-hydrogen) atoms. The van der Waals surface area contributed by atoms with E-state index < -0.39 is 5.54 Å². The van der Waals surface area contributed by atoms with Crippen LogP contribution < -0.4 is 5.73 Å². The lowest BCUT2D eigenvalue weighted by atomic mass is 9.94. The van der Waals surface area contributed by atoms with E-state index in [2.05, 4.69) is 11.1 Å². The fourth-order valence-electron chi connectivity index (χ4n) is 1.14. The van der Waals surface area contributed by atoms with Gasteiger partial charge in [0.2, 0.25) is 0 Å². The molecule has 1 atom stereocenters. The molecule has 0 amide bonds. The molecule has 0 aromatic carbocycles. The van der Waals surface area contributed by atoms with Crippen LogP contribution in [-0.4, -0.2) is 16.3 Å². The van der Waals surface area contributed by atoms with Crippen LogP contribution in [0, 0.1) is 11.3 Å². The summed E-state index contributed by atoms with van der Waals surface area (Å²) in [7, 11) is 0. The Hall–Kier alpha value is -0.570. The second kappa shape index (κ2) is 6.11. The van der Waals surface area contributed by atoms with Gasteiger partial charge in [0.15, 0.2) is 0 Å². The van der Waals surface area contributed by atoms with Crippen LogP contribution in [0.3, 0.4) is 0 Å². The van der Waals surface area contributed by atoms with Gasteiger partial charge in [-0.25, -0.2) is 4.98 Å². The van der Waals surface area contributed by atoms with Crippen molar-refractivity contribution in [3.8, 4) is 6.07 Å². The molecule has 0 fully saturated rings. The van der Waals surface area contributed by atoms with Crippen LogP contribution in [0.1, 0.15) is 26.2 Å². The van der Waals surface area contributed by atoms with Crippen molar-refractivity contribution in [1.29, 1.82) is 5.26 Å². The molecule has 5 heteroatoms. The third kappa shape index (κ3) is 4.20. The smallest absolute Gasteiger partial charge is 0.149 e. The SMILES string of the molecule is CCC(N)(C#N)CCCSc1nccs1. The van der Waals surface area contributed by atoms with Crippen LogP contribution in [-0.2, 0) is 0 Å². The first-order valence-electron chi connectivity index (χ1n) is 4.92. The first kappa shape index (κ1) is 12.5. The Morgan fingerprint density at radius 3 is 3.07 bits per heavy atom. The molecule has 1 aromatic rings. The third-order valence-electron chi connectivity index (χ3n) is 2.26. The number of nitriles is 1. The van der Waals surface area contributed by atoms with Crippen LogP contribution in [0.2, 0.25) is 0 Å². The van der Waals surface area contributed by atoms with Crippen molar-refractivity contribution in [3.05, 3.63) is 11.6 Å². The summed E-state index contributed by atoms with van der Waals surface area (Å²) in [6, 6.07) is 2.18. The average molecular weight is 241 g/mol. The highest BCUT2D eigenvalue weighted by Gasteiger charge is 2.20. The maximum atomic E-state index is 8.88. The minimum Gasteiger partial charge on any atom is -0.313 e. The zero-order valence-corrected chi connectivity index (χ0v) is 10.4. The quantitative estimate of drug-likeness (QED) is 0.614. The van der Waals surface area contributed by atoms with Crippen molar-refractivity contribution in [2.45, 2.75) is 36.1 Å². The monoisotopic (exact) mass is 241 g/mol. The maximum absolute atomic E-state index is 8.88. The first-order valence-corrected chi connectivity index (χ1v) is 6.79. The molecule has 0 saturated heterocycles. The van der Waals surface area contributed by atoms with Gasteiger partial charge in [-0.05, 0) is 19.3 Å². The van der Waals surface area contributed by atoms with E-state index in [-0.39, 0.29) is 0 Å². The van der Waals surface area contributed by atoms with Crippen molar-refractivity contribution in [1.82, 2.24) is 4.98 Å². The Bertz CT molecular complexity index is 318. The van der Waals surface area contributed by atoms with Gasteiger partial charge < -0.3 is 5.73 Å². The van der Waals surface area contributed by atoms with Crippen molar-refractivity contribution in [2.75, 3.05) is 5.75 Å². The van der Waals surface area contributed by atoms with E-state index in [4.69, 9.17) is 11.0 Å². The van der Waals surface area contributed by atoms with Crippen molar-refractivity contribution in [3.63, 3.8) is 0 Å². The zero-order valence-electron chi connectivity index (χ0n) is 8.77. The van der Waals surface area contributed by atoms with E-state index >= 15 is 0 Å². The molecule has 0 radical (unpaired) electrons. The topological polar surface area (TPSA) is 62.7 Å². The van der Waals surface area contributed by atoms with Gasteiger partial charge in [-0.2, -0.15) is 5.26 Å². The number of thiazole rings is 1. The maximum Gasteiger partial charge on any atom is 0.149 e. The highest BCUT2D eigenvalue weighted by atomic mass is 32.2. The Balaban J connectivity index is 2.20. The van der Waals surface area contributed by atoms with Gasteiger partial charge in [0.25, 0.3) is 0 Å². The van der Waals surface area contributed by atoms with Crippen molar-refractivity contribution in [2.24, 2.45) is 5.73 Å². The molecule has 1 rings (SSSR count). The van der Waals surface area contributed by atoms with E-state index in [1.807, 2.05) is 18.5 Å². The summed E-state index contributed by atoms with van der Waals surface area (Å²) in [5.74, 6) is 0.980. The first-order chi connectivity index (χ1) is 7.20. The summed E-state index contributed by atoms with van der Waals surface area (Å²) in [6.45, 7) is 1.96. The molecule has 0 aliphatic rings. The summed E-state index contributed by atoms with van der Waals surface area (Å²) in [5, 5.41) is 10.8. The lowest BCUT2D eigenvalue weighted by molar-refractivity contribution is 0.478. The summed E-state index contributed by atoms with van der Waals surface area (Å²) < 4.78 is 1.09. The van der Waals surface area contributed by atoms with Crippen molar-refractivity contribution >= 4 is 23.1 Å². The molecule has 0 bridgehead atoms. The summed E-state index contributed by atoms with van der Waals surface area (Å²) in [5.41, 5.74) is 5.24. The lowest BCUT2D eigenvalue weighted by Crippen LogP contribution is -2.37. The minimum atomic E-state index is -0.635. The number of rotatable bonds is 6. The van der Waals surface area contributed by atoms with E-state index in [0.717, 1.165) is 22.9 Å². The second-order valence-electron chi connectivity index (χ2n) is 3.37. The summed E-state index contributed by atoms with van der Waals surface area (Å²) in [6.07, 6.45) is 4.24. The third-order valence-corrected chi connectivity index (χ3v) is 4.31. The Morgan fingerprint density at radius 2 is 2.53 bits per heavy atom. The van der Waals surface area contributed by atoms with Gasteiger partial charge in [-0.1, -0.05) is 18.7 Å². The lowest BCUT2D eigenvalue weighted by Gasteiger charge is -2.18. The molecule has 0 aliphatic carbocycles. The predicted octanol–water partition coefficient (Wildman–Crippen LogP) is 2.65. The van der Waals surface area contributed by atoms with E-state index in [1.165, 1.54) is 0 Å². The second-order valence-corrected chi connectivity index (χ2v) is 5.61. The Morgan fingerprint density at radius 1 is 1.73 bits per heavy atom. The average Bonchev–Trinajstić information content (AvgIpc) is 2.77. The predicted molar refractivity (Wildman–Crippen MR) is 64.9 cm³/mol.